The van der Waals surface area contributed by atoms with Crippen molar-refractivity contribution < 1.29 is 9.53 Å². The third kappa shape index (κ3) is 4.44. The van der Waals surface area contributed by atoms with E-state index in [4.69, 9.17) is 4.74 Å². The van der Waals surface area contributed by atoms with E-state index in [0.717, 1.165) is 18.5 Å². The van der Waals surface area contributed by atoms with Gasteiger partial charge in [0.05, 0.1) is 6.61 Å². The summed E-state index contributed by atoms with van der Waals surface area (Å²) in [4.78, 5) is 10.5. The average molecular weight is 250 g/mol. The molecule has 1 aromatic rings. The van der Waals surface area contributed by atoms with Crippen molar-refractivity contribution in [1.29, 1.82) is 0 Å². The number of ether oxygens (including phenoxy) is 1. The van der Waals surface area contributed by atoms with Crippen molar-refractivity contribution in [1.82, 2.24) is 0 Å². The highest BCUT2D eigenvalue weighted by Crippen LogP contribution is 2.28. The van der Waals surface area contributed by atoms with E-state index in [-0.39, 0.29) is 0 Å². The SMILES string of the molecule is C[SiH](C)C(C)(C)COCc1ccc(C=O)cc1. The second-order valence-corrected chi connectivity index (χ2v) is 9.37. The lowest BCUT2D eigenvalue weighted by Crippen LogP contribution is -2.26. The van der Waals surface area contributed by atoms with Crippen LogP contribution >= 0.6 is 0 Å². The molecule has 3 heteroatoms. The van der Waals surface area contributed by atoms with Crippen LogP contribution in [0.4, 0.5) is 0 Å². The number of aldehydes is 1. The van der Waals surface area contributed by atoms with Gasteiger partial charge in [-0.3, -0.25) is 4.79 Å². The Morgan fingerprint density at radius 2 is 1.82 bits per heavy atom. The molecule has 2 nitrogen and oxygen atoms in total. The summed E-state index contributed by atoms with van der Waals surface area (Å²) in [5.74, 6) is 0. The number of carbonyl (C=O) groups is 1. The second kappa shape index (κ2) is 6.12. The summed E-state index contributed by atoms with van der Waals surface area (Å²) < 4.78 is 5.77. The zero-order chi connectivity index (χ0) is 12.9. The molecular weight excluding hydrogens is 228 g/mol. The highest BCUT2D eigenvalue weighted by atomic mass is 28.3. The second-order valence-electron chi connectivity index (χ2n) is 5.50. The Balaban J connectivity index is 2.43. The summed E-state index contributed by atoms with van der Waals surface area (Å²) in [5, 5.41) is 0.336. The van der Waals surface area contributed by atoms with E-state index < -0.39 is 8.80 Å². The van der Waals surface area contributed by atoms with Gasteiger partial charge in [-0.05, 0) is 10.6 Å². The predicted molar refractivity (Wildman–Crippen MR) is 74.4 cm³/mol. The summed E-state index contributed by atoms with van der Waals surface area (Å²) in [6, 6.07) is 7.55. The van der Waals surface area contributed by atoms with Gasteiger partial charge in [0.2, 0.25) is 0 Å². The highest BCUT2D eigenvalue weighted by molar-refractivity contribution is 6.59. The smallest absolute Gasteiger partial charge is 0.150 e. The minimum Gasteiger partial charge on any atom is -0.377 e. The van der Waals surface area contributed by atoms with E-state index in [2.05, 4.69) is 26.9 Å². The van der Waals surface area contributed by atoms with Crippen molar-refractivity contribution in [2.45, 2.75) is 38.6 Å². The van der Waals surface area contributed by atoms with Gasteiger partial charge < -0.3 is 4.74 Å². The minimum atomic E-state index is -0.690. The Morgan fingerprint density at radius 3 is 2.29 bits per heavy atom. The Morgan fingerprint density at radius 1 is 1.24 bits per heavy atom. The van der Waals surface area contributed by atoms with Crippen LogP contribution < -0.4 is 0 Å². The molecule has 0 aliphatic carbocycles. The lowest BCUT2D eigenvalue weighted by Gasteiger charge is -2.27. The molecule has 0 bridgehead atoms. The molecule has 17 heavy (non-hydrogen) atoms. The summed E-state index contributed by atoms with van der Waals surface area (Å²) in [5.41, 5.74) is 1.83. The molecule has 0 N–H and O–H groups in total. The molecule has 1 aromatic carbocycles. The van der Waals surface area contributed by atoms with Crippen molar-refractivity contribution in [3.8, 4) is 0 Å². The van der Waals surface area contributed by atoms with Crippen molar-refractivity contribution in [3.63, 3.8) is 0 Å². The van der Waals surface area contributed by atoms with Crippen LogP contribution in [0.1, 0.15) is 29.8 Å². The van der Waals surface area contributed by atoms with Crippen LogP contribution in [0, 0.1) is 0 Å². The molecule has 0 unspecified atom stereocenters. The van der Waals surface area contributed by atoms with Crippen LogP contribution in [0.25, 0.3) is 0 Å². The number of benzene rings is 1. The molecule has 0 heterocycles. The third-order valence-electron chi connectivity index (χ3n) is 3.42. The van der Waals surface area contributed by atoms with Crippen LogP contribution in [0.15, 0.2) is 24.3 Å². The van der Waals surface area contributed by atoms with E-state index >= 15 is 0 Å². The van der Waals surface area contributed by atoms with Crippen molar-refractivity contribution in [2.24, 2.45) is 0 Å². The molecule has 0 aromatic heterocycles. The summed E-state index contributed by atoms with van der Waals surface area (Å²) in [6.07, 6.45) is 0.859. The van der Waals surface area contributed by atoms with Crippen LogP contribution in [0.3, 0.4) is 0 Å². The number of rotatable bonds is 6. The lowest BCUT2D eigenvalue weighted by molar-refractivity contribution is 0.101. The van der Waals surface area contributed by atoms with Crippen LogP contribution in [-0.4, -0.2) is 21.7 Å². The highest BCUT2D eigenvalue weighted by Gasteiger charge is 2.23. The van der Waals surface area contributed by atoms with Crippen LogP contribution in [-0.2, 0) is 11.3 Å². The number of hydrogen-bond acceptors (Lipinski definition) is 2. The van der Waals surface area contributed by atoms with Gasteiger partial charge >= 0.3 is 0 Å². The Bertz CT molecular complexity index is 355. The third-order valence-corrected chi connectivity index (χ3v) is 6.71. The first-order valence-corrected chi connectivity index (χ1v) is 8.96. The number of carbonyl (C=O) groups excluding carboxylic acids is 1. The molecule has 0 saturated heterocycles. The zero-order valence-electron chi connectivity index (χ0n) is 11.2. The summed E-state index contributed by atoms with van der Waals surface area (Å²) >= 11 is 0. The molecule has 0 spiro atoms. The molecule has 1 rings (SSSR count). The Kier molecular flexibility index (Phi) is 5.09. The fraction of sp³-hybridized carbons (Fsp3) is 0.500. The average Bonchev–Trinajstić information content (AvgIpc) is 2.29. The molecule has 0 aliphatic heterocycles. The normalized spacial score (nSPS) is 11.8. The molecule has 94 valence electrons. The maximum Gasteiger partial charge on any atom is 0.150 e. The molecule has 0 amide bonds. The van der Waals surface area contributed by atoms with Gasteiger partial charge in [0.25, 0.3) is 0 Å². The van der Waals surface area contributed by atoms with E-state index in [1.54, 1.807) is 0 Å². The van der Waals surface area contributed by atoms with E-state index in [9.17, 15) is 4.79 Å². The zero-order valence-corrected chi connectivity index (χ0v) is 12.3. The maximum atomic E-state index is 10.5. The standard InChI is InChI=1S/C14H22O2Si/c1-14(2,17(3)4)11-16-10-13-7-5-12(9-15)6-8-13/h5-9,17H,10-11H2,1-4H3. The Labute approximate surface area is 106 Å². The predicted octanol–water partition coefficient (Wildman–Crippen LogP) is 3.28. The molecule has 0 saturated carbocycles. The molecule has 0 radical (unpaired) electrons. The van der Waals surface area contributed by atoms with E-state index in [1.165, 1.54) is 0 Å². The maximum absolute atomic E-state index is 10.5. The van der Waals surface area contributed by atoms with Crippen LogP contribution in [0.2, 0.25) is 18.1 Å². The largest absolute Gasteiger partial charge is 0.377 e. The topological polar surface area (TPSA) is 26.3 Å². The quantitative estimate of drug-likeness (QED) is 0.572. The van der Waals surface area contributed by atoms with Gasteiger partial charge in [-0.25, -0.2) is 0 Å². The van der Waals surface area contributed by atoms with E-state index in [1.807, 2.05) is 24.3 Å². The lowest BCUT2D eigenvalue weighted by atomic mass is 10.1. The molecule has 0 aliphatic rings. The van der Waals surface area contributed by atoms with Crippen molar-refractivity contribution >= 4 is 15.1 Å². The van der Waals surface area contributed by atoms with Crippen molar-refractivity contribution in [2.75, 3.05) is 6.61 Å². The fourth-order valence-electron chi connectivity index (χ4n) is 1.29. The summed E-state index contributed by atoms with van der Waals surface area (Å²) in [7, 11) is -0.690. The van der Waals surface area contributed by atoms with Crippen molar-refractivity contribution in [3.05, 3.63) is 35.4 Å². The van der Waals surface area contributed by atoms with Gasteiger partial charge in [0.15, 0.2) is 0 Å². The molecular formula is C14H22O2Si. The van der Waals surface area contributed by atoms with Gasteiger partial charge in [-0.15, -0.1) is 0 Å². The number of hydrogen-bond donors (Lipinski definition) is 0. The monoisotopic (exact) mass is 250 g/mol. The van der Waals surface area contributed by atoms with Crippen LogP contribution in [0.5, 0.6) is 0 Å². The van der Waals surface area contributed by atoms with E-state index in [0.29, 0.717) is 17.2 Å². The molecule has 0 fully saturated rings. The van der Waals surface area contributed by atoms with Gasteiger partial charge in [-0.2, -0.15) is 0 Å². The fourth-order valence-corrected chi connectivity index (χ4v) is 1.74. The first kappa shape index (κ1) is 14.1. The minimum absolute atomic E-state index is 0.336. The first-order valence-electron chi connectivity index (χ1n) is 6.07. The molecule has 0 atom stereocenters. The Hall–Kier alpha value is -0.933. The van der Waals surface area contributed by atoms with Gasteiger partial charge in [0, 0.05) is 21.0 Å². The first-order chi connectivity index (χ1) is 7.95. The summed E-state index contributed by atoms with van der Waals surface area (Å²) in [6.45, 7) is 10.7. The van der Waals surface area contributed by atoms with Gasteiger partial charge in [0.1, 0.15) is 6.29 Å². The van der Waals surface area contributed by atoms with Gasteiger partial charge in [-0.1, -0.05) is 51.2 Å².